The number of benzene rings is 1. The third kappa shape index (κ3) is 4.54. The Hall–Kier alpha value is -1.40. The molecule has 1 fully saturated rings. The van der Waals surface area contributed by atoms with Crippen molar-refractivity contribution in [2.75, 3.05) is 25.7 Å². The molecule has 1 aromatic rings. The summed E-state index contributed by atoms with van der Waals surface area (Å²) < 4.78 is 38.3. The second-order valence-corrected chi connectivity index (χ2v) is 5.11. The molecule has 0 radical (unpaired) electrons. The number of aliphatic imine (C=N–C) groups is 1. The van der Waals surface area contributed by atoms with E-state index in [9.17, 15) is 8.78 Å². The molecule has 0 bridgehead atoms. The summed E-state index contributed by atoms with van der Waals surface area (Å²) in [6, 6.07) is 2.14. The van der Waals surface area contributed by atoms with Gasteiger partial charge in [-0.3, -0.25) is 0 Å². The van der Waals surface area contributed by atoms with Crippen LogP contribution in [0.1, 0.15) is 12.8 Å². The van der Waals surface area contributed by atoms with Crippen molar-refractivity contribution in [3.8, 4) is 5.75 Å². The lowest BCUT2D eigenvalue weighted by Crippen LogP contribution is -2.22. The standard InChI is InChI=1S/C14H17ClF2N2O2/c15-7-13(18)19-10-5-11(16)14(12(17)6-10)21-8-9-1-3-20-4-2-9/h5-6,9H,1-4,7-8H2,(H2,18,19). The average molecular weight is 319 g/mol. The Bertz CT molecular complexity index is 497. The Kier molecular flexibility index (Phi) is 5.76. The number of amidine groups is 1. The SMILES string of the molecule is NC(CCl)=Nc1cc(F)c(OCC2CCOCC2)c(F)c1. The molecule has 2 N–H and O–H groups in total. The minimum Gasteiger partial charge on any atom is -0.487 e. The van der Waals surface area contributed by atoms with E-state index < -0.39 is 11.6 Å². The van der Waals surface area contributed by atoms with Crippen LogP contribution in [0.2, 0.25) is 0 Å². The number of halogens is 3. The molecule has 0 atom stereocenters. The highest BCUT2D eigenvalue weighted by Crippen LogP contribution is 2.28. The Morgan fingerprint density at radius 1 is 1.33 bits per heavy atom. The smallest absolute Gasteiger partial charge is 0.190 e. The van der Waals surface area contributed by atoms with Gasteiger partial charge in [-0.25, -0.2) is 13.8 Å². The van der Waals surface area contributed by atoms with Gasteiger partial charge in [0.15, 0.2) is 17.4 Å². The lowest BCUT2D eigenvalue weighted by Gasteiger charge is -2.22. The minimum atomic E-state index is -0.803. The summed E-state index contributed by atoms with van der Waals surface area (Å²) in [6.07, 6.45) is 1.66. The van der Waals surface area contributed by atoms with Crippen molar-refractivity contribution < 1.29 is 18.3 Å². The minimum absolute atomic E-state index is 0.00869. The van der Waals surface area contributed by atoms with Crippen LogP contribution in [0.25, 0.3) is 0 Å². The zero-order valence-electron chi connectivity index (χ0n) is 11.4. The lowest BCUT2D eigenvalue weighted by molar-refractivity contribution is 0.0485. The first kappa shape index (κ1) is 16.0. The molecule has 0 unspecified atom stereocenters. The number of alkyl halides is 1. The van der Waals surface area contributed by atoms with Gasteiger partial charge < -0.3 is 15.2 Å². The van der Waals surface area contributed by atoms with Crippen molar-refractivity contribution in [1.82, 2.24) is 0 Å². The van der Waals surface area contributed by atoms with E-state index in [4.69, 9.17) is 26.8 Å². The number of hydrogen-bond acceptors (Lipinski definition) is 3. The van der Waals surface area contributed by atoms with Gasteiger partial charge >= 0.3 is 0 Å². The summed E-state index contributed by atoms with van der Waals surface area (Å²) in [7, 11) is 0. The second-order valence-electron chi connectivity index (χ2n) is 4.84. The molecule has 0 aromatic heterocycles. The molecule has 0 saturated carbocycles. The predicted octanol–water partition coefficient (Wildman–Crippen LogP) is 3.00. The van der Waals surface area contributed by atoms with E-state index in [0.29, 0.717) is 13.2 Å². The molecule has 1 saturated heterocycles. The summed E-state index contributed by atoms with van der Waals surface area (Å²) in [5.41, 5.74) is 5.50. The fourth-order valence-corrected chi connectivity index (χ4v) is 2.12. The van der Waals surface area contributed by atoms with Crippen molar-refractivity contribution in [1.29, 1.82) is 0 Å². The molecule has 4 nitrogen and oxygen atoms in total. The molecule has 1 aliphatic heterocycles. The second kappa shape index (κ2) is 7.56. The quantitative estimate of drug-likeness (QED) is 0.516. The Morgan fingerprint density at radius 3 is 2.52 bits per heavy atom. The highest BCUT2D eigenvalue weighted by Gasteiger charge is 2.18. The van der Waals surface area contributed by atoms with Gasteiger partial charge in [-0.05, 0) is 18.8 Å². The van der Waals surface area contributed by atoms with Crippen LogP contribution in [-0.2, 0) is 4.74 Å². The predicted molar refractivity (Wildman–Crippen MR) is 77.4 cm³/mol. The van der Waals surface area contributed by atoms with Crippen LogP contribution >= 0.6 is 11.6 Å². The number of hydrogen-bond donors (Lipinski definition) is 1. The molecule has 1 heterocycles. The van der Waals surface area contributed by atoms with Crippen molar-refractivity contribution in [3.05, 3.63) is 23.8 Å². The first-order valence-electron chi connectivity index (χ1n) is 6.68. The van der Waals surface area contributed by atoms with Crippen molar-refractivity contribution in [3.63, 3.8) is 0 Å². The molecule has 0 amide bonds. The first-order valence-corrected chi connectivity index (χ1v) is 7.22. The van der Waals surface area contributed by atoms with E-state index in [2.05, 4.69) is 4.99 Å². The number of ether oxygens (including phenoxy) is 2. The topological polar surface area (TPSA) is 56.8 Å². The molecular weight excluding hydrogens is 302 g/mol. The van der Waals surface area contributed by atoms with Crippen LogP contribution < -0.4 is 10.5 Å². The van der Waals surface area contributed by atoms with Gasteiger partial charge in [-0.2, -0.15) is 0 Å². The van der Waals surface area contributed by atoms with E-state index >= 15 is 0 Å². The fourth-order valence-electron chi connectivity index (χ4n) is 2.06. The third-order valence-corrected chi connectivity index (χ3v) is 3.47. The van der Waals surface area contributed by atoms with Gasteiger partial charge in [0.25, 0.3) is 0 Å². The largest absolute Gasteiger partial charge is 0.487 e. The number of nitrogens with two attached hydrogens (primary N) is 1. The molecule has 0 aliphatic carbocycles. The zero-order chi connectivity index (χ0) is 15.2. The van der Waals surface area contributed by atoms with E-state index in [0.717, 1.165) is 25.0 Å². The van der Waals surface area contributed by atoms with E-state index in [1.807, 2.05) is 0 Å². The summed E-state index contributed by atoms with van der Waals surface area (Å²) in [6.45, 7) is 1.58. The van der Waals surface area contributed by atoms with Crippen LogP contribution in [-0.4, -0.2) is 31.5 Å². The van der Waals surface area contributed by atoms with Crippen molar-refractivity contribution in [2.24, 2.45) is 16.6 Å². The van der Waals surface area contributed by atoms with Gasteiger partial charge in [0.1, 0.15) is 5.84 Å². The Morgan fingerprint density at radius 2 is 1.95 bits per heavy atom. The monoisotopic (exact) mass is 318 g/mol. The molecule has 1 aliphatic rings. The maximum atomic E-state index is 13.9. The molecule has 7 heteroatoms. The van der Waals surface area contributed by atoms with Crippen LogP contribution in [0.15, 0.2) is 17.1 Å². The highest BCUT2D eigenvalue weighted by atomic mass is 35.5. The Balaban J connectivity index is 2.06. The molecule has 1 aromatic carbocycles. The maximum absolute atomic E-state index is 13.9. The third-order valence-electron chi connectivity index (χ3n) is 3.20. The van der Waals surface area contributed by atoms with Gasteiger partial charge in [0, 0.05) is 25.3 Å². The van der Waals surface area contributed by atoms with Gasteiger partial charge in [-0.1, -0.05) is 0 Å². The lowest BCUT2D eigenvalue weighted by atomic mass is 10.0. The summed E-state index contributed by atoms with van der Waals surface area (Å²) >= 11 is 5.47. The van der Waals surface area contributed by atoms with Gasteiger partial charge in [0.2, 0.25) is 0 Å². The van der Waals surface area contributed by atoms with Crippen LogP contribution in [0.4, 0.5) is 14.5 Å². The Labute approximate surface area is 126 Å². The summed E-state index contributed by atoms with van der Waals surface area (Å²) in [5.74, 6) is -1.66. The van der Waals surface area contributed by atoms with Gasteiger partial charge in [0.05, 0.1) is 18.2 Å². The highest BCUT2D eigenvalue weighted by molar-refractivity contribution is 6.28. The van der Waals surface area contributed by atoms with E-state index in [-0.39, 0.29) is 35.7 Å². The number of rotatable bonds is 5. The summed E-state index contributed by atoms with van der Waals surface area (Å²) in [5, 5.41) is 0. The number of nitrogens with zero attached hydrogens (tertiary/aromatic N) is 1. The normalized spacial score (nSPS) is 17.0. The molecular formula is C14H17ClF2N2O2. The van der Waals surface area contributed by atoms with Crippen molar-refractivity contribution in [2.45, 2.75) is 12.8 Å². The molecule has 116 valence electrons. The average Bonchev–Trinajstić information content (AvgIpc) is 2.47. The molecule has 0 spiro atoms. The van der Waals surface area contributed by atoms with E-state index in [1.54, 1.807) is 0 Å². The van der Waals surface area contributed by atoms with Crippen LogP contribution in [0.5, 0.6) is 5.75 Å². The van der Waals surface area contributed by atoms with Crippen LogP contribution in [0.3, 0.4) is 0 Å². The fraction of sp³-hybridized carbons (Fsp3) is 0.500. The van der Waals surface area contributed by atoms with Crippen molar-refractivity contribution >= 4 is 23.1 Å². The van der Waals surface area contributed by atoms with E-state index in [1.165, 1.54) is 0 Å². The summed E-state index contributed by atoms with van der Waals surface area (Å²) in [4.78, 5) is 3.80. The van der Waals surface area contributed by atoms with Crippen LogP contribution in [0, 0.1) is 17.6 Å². The maximum Gasteiger partial charge on any atom is 0.190 e. The molecule has 2 rings (SSSR count). The van der Waals surface area contributed by atoms with Gasteiger partial charge in [-0.15, -0.1) is 11.6 Å². The first-order chi connectivity index (χ1) is 10.1. The molecule has 21 heavy (non-hydrogen) atoms. The zero-order valence-corrected chi connectivity index (χ0v) is 12.2.